The van der Waals surface area contributed by atoms with Gasteiger partial charge in [-0.15, -0.1) is 0 Å². The van der Waals surface area contributed by atoms with Crippen LogP contribution in [0, 0.1) is 10.1 Å². The van der Waals surface area contributed by atoms with Gasteiger partial charge in [-0.25, -0.2) is 0 Å². The van der Waals surface area contributed by atoms with E-state index in [1.165, 1.54) is 18.2 Å². The molecule has 1 heterocycles. The molecule has 21 heavy (non-hydrogen) atoms. The van der Waals surface area contributed by atoms with Crippen molar-refractivity contribution < 1.29 is 14.5 Å². The lowest BCUT2D eigenvalue weighted by atomic mass is 9.93. The summed E-state index contributed by atoms with van der Waals surface area (Å²) in [7, 11) is 0. The van der Waals surface area contributed by atoms with Crippen molar-refractivity contribution in [2.24, 2.45) is 0 Å². The van der Waals surface area contributed by atoms with Crippen LogP contribution in [0.4, 0.5) is 5.69 Å². The van der Waals surface area contributed by atoms with Gasteiger partial charge in [0.25, 0.3) is 11.6 Å². The highest BCUT2D eigenvalue weighted by atomic mass is 35.5. The Bertz CT molecular complexity index is 574. The largest absolute Gasteiger partial charge is 0.375 e. The van der Waals surface area contributed by atoms with Gasteiger partial charge in [-0.05, 0) is 38.8 Å². The lowest BCUT2D eigenvalue weighted by Gasteiger charge is -2.35. The summed E-state index contributed by atoms with van der Waals surface area (Å²) < 4.78 is 5.58. The molecule has 1 aromatic rings. The van der Waals surface area contributed by atoms with Crippen LogP contribution in [-0.4, -0.2) is 29.1 Å². The zero-order chi connectivity index (χ0) is 15.6. The van der Waals surface area contributed by atoms with Gasteiger partial charge in [0.1, 0.15) is 5.56 Å². The van der Waals surface area contributed by atoms with E-state index in [2.05, 4.69) is 5.32 Å². The van der Waals surface area contributed by atoms with Gasteiger partial charge in [0.05, 0.1) is 10.5 Å². The third kappa shape index (κ3) is 3.92. The summed E-state index contributed by atoms with van der Waals surface area (Å²) in [6.07, 6.45) is 1.34. The molecule has 0 saturated carbocycles. The molecule has 2 rings (SSSR count). The van der Waals surface area contributed by atoms with E-state index in [1.807, 2.05) is 13.8 Å². The van der Waals surface area contributed by atoms with E-state index in [-0.39, 0.29) is 27.9 Å². The SMILES string of the molecule is CC1(C)CC(NC(=O)c2cc(Cl)ccc2[N+](=O)[O-])CCO1. The van der Waals surface area contributed by atoms with Crippen LogP contribution in [0.15, 0.2) is 18.2 Å². The average molecular weight is 313 g/mol. The van der Waals surface area contributed by atoms with Gasteiger partial charge in [-0.1, -0.05) is 11.6 Å². The Morgan fingerprint density at radius 2 is 2.24 bits per heavy atom. The standard InChI is InChI=1S/C14H17ClN2O4/c1-14(2)8-10(5-6-21-14)16-13(18)11-7-9(15)3-4-12(11)17(19)20/h3-4,7,10H,5-6,8H2,1-2H3,(H,16,18). The third-order valence-electron chi connectivity index (χ3n) is 3.43. The topological polar surface area (TPSA) is 81.5 Å². The summed E-state index contributed by atoms with van der Waals surface area (Å²) in [6, 6.07) is 3.89. The van der Waals surface area contributed by atoms with Crippen molar-refractivity contribution in [3.63, 3.8) is 0 Å². The van der Waals surface area contributed by atoms with Crippen molar-refractivity contribution in [2.45, 2.75) is 38.3 Å². The molecule has 1 N–H and O–H groups in total. The highest BCUT2D eigenvalue weighted by molar-refractivity contribution is 6.31. The van der Waals surface area contributed by atoms with Gasteiger partial charge < -0.3 is 10.1 Å². The molecule has 0 aromatic heterocycles. The van der Waals surface area contributed by atoms with Crippen LogP contribution in [0.3, 0.4) is 0 Å². The normalized spacial score (nSPS) is 20.8. The molecule has 0 spiro atoms. The minimum atomic E-state index is -0.584. The van der Waals surface area contributed by atoms with E-state index in [0.29, 0.717) is 19.4 Å². The van der Waals surface area contributed by atoms with Crippen LogP contribution < -0.4 is 5.32 Å². The zero-order valence-electron chi connectivity index (χ0n) is 11.9. The molecule has 0 aliphatic carbocycles. The number of hydrogen-bond donors (Lipinski definition) is 1. The predicted octanol–water partition coefficient (Wildman–Crippen LogP) is 2.94. The third-order valence-corrected chi connectivity index (χ3v) is 3.67. The summed E-state index contributed by atoms with van der Waals surface area (Å²) in [4.78, 5) is 22.7. The van der Waals surface area contributed by atoms with E-state index in [1.54, 1.807) is 0 Å². The molecular formula is C14H17ClN2O4. The lowest BCUT2D eigenvalue weighted by Crippen LogP contribution is -2.45. The number of halogens is 1. The van der Waals surface area contributed by atoms with E-state index in [4.69, 9.17) is 16.3 Å². The number of hydrogen-bond acceptors (Lipinski definition) is 4. The maximum absolute atomic E-state index is 12.3. The first-order valence-corrected chi connectivity index (χ1v) is 7.05. The second-order valence-electron chi connectivity index (χ2n) is 5.69. The summed E-state index contributed by atoms with van der Waals surface area (Å²) in [5.74, 6) is -0.480. The summed E-state index contributed by atoms with van der Waals surface area (Å²) in [5.41, 5.74) is -0.573. The van der Waals surface area contributed by atoms with Crippen molar-refractivity contribution in [2.75, 3.05) is 6.61 Å². The molecule has 1 atom stereocenters. The minimum Gasteiger partial charge on any atom is -0.375 e. The minimum absolute atomic E-state index is 0.0169. The molecule has 7 heteroatoms. The Labute approximate surface area is 127 Å². The predicted molar refractivity (Wildman–Crippen MR) is 78.6 cm³/mol. The number of nitro benzene ring substituents is 1. The highest BCUT2D eigenvalue weighted by Crippen LogP contribution is 2.26. The summed E-state index contributed by atoms with van der Waals surface area (Å²) >= 11 is 5.83. The Morgan fingerprint density at radius 1 is 1.52 bits per heavy atom. The molecule has 1 amide bonds. The number of rotatable bonds is 3. The number of nitro groups is 1. The molecule has 1 saturated heterocycles. The molecule has 0 radical (unpaired) electrons. The maximum atomic E-state index is 12.3. The van der Waals surface area contributed by atoms with E-state index in [9.17, 15) is 14.9 Å². The fourth-order valence-electron chi connectivity index (χ4n) is 2.47. The molecule has 1 aliphatic rings. The van der Waals surface area contributed by atoms with E-state index >= 15 is 0 Å². The Morgan fingerprint density at radius 3 is 2.86 bits per heavy atom. The summed E-state index contributed by atoms with van der Waals surface area (Å²) in [5, 5.41) is 14.1. The second kappa shape index (κ2) is 5.99. The van der Waals surface area contributed by atoms with Crippen molar-refractivity contribution in [1.29, 1.82) is 0 Å². The first-order chi connectivity index (χ1) is 9.78. The number of ether oxygens (including phenoxy) is 1. The van der Waals surface area contributed by atoms with E-state index < -0.39 is 10.8 Å². The summed E-state index contributed by atoms with van der Waals surface area (Å²) in [6.45, 7) is 4.45. The first kappa shape index (κ1) is 15.7. The van der Waals surface area contributed by atoms with Crippen molar-refractivity contribution in [3.8, 4) is 0 Å². The number of carbonyl (C=O) groups is 1. The molecule has 114 valence electrons. The first-order valence-electron chi connectivity index (χ1n) is 6.67. The van der Waals surface area contributed by atoms with Gasteiger partial charge in [0.15, 0.2) is 0 Å². The second-order valence-corrected chi connectivity index (χ2v) is 6.13. The number of benzene rings is 1. The van der Waals surface area contributed by atoms with Crippen LogP contribution >= 0.6 is 11.6 Å². The van der Waals surface area contributed by atoms with Gasteiger partial charge in [-0.2, -0.15) is 0 Å². The van der Waals surface area contributed by atoms with Crippen LogP contribution in [-0.2, 0) is 4.74 Å². The number of carbonyl (C=O) groups excluding carboxylic acids is 1. The van der Waals surface area contributed by atoms with Crippen LogP contribution in [0.2, 0.25) is 5.02 Å². The quantitative estimate of drug-likeness (QED) is 0.687. The van der Waals surface area contributed by atoms with E-state index in [0.717, 1.165) is 0 Å². The molecule has 1 unspecified atom stereocenters. The number of nitrogens with zero attached hydrogens (tertiary/aromatic N) is 1. The molecule has 1 aliphatic heterocycles. The van der Waals surface area contributed by atoms with Crippen molar-refractivity contribution >= 4 is 23.2 Å². The lowest BCUT2D eigenvalue weighted by molar-refractivity contribution is -0.385. The number of amides is 1. The smallest absolute Gasteiger partial charge is 0.282 e. The molecule has 6 nitrogen and oxygen atoms in total. The molecular weight excluding hydrogens is 296 g/mol. The fraction of sp³-hybridized carbons (Fsp3) is 0.500. The average Bonchev–Trinajstić information content (AvgIpc) is 2.36. The van der Waals surface area contributed by atoms with Crippen molar-refractivity contribution in [3.05, 3.63) is 38.9 Å². The molecule has 1 aromatic carbocycles. The zero-order valence-corrected chi connectivity index (χ0v) is 12.6. The van der Waals surface area contributed by atoms with Gasteiger partial charge >= 0.3 is 0 Å². The fourth-order valence-corrected chi connectivity index (χ4v) is 2.64. The van der Waals surface area contributed by atoms with Crippen LogP contribution in [0.1, 0.15) is 37.0 Å². The highest BCUT2D eigenvalue weighted by Gasteiger charge is 2.31. The van der Waals surface area contributed by atoms with Crippen LogP contribution in [0.5, 0.6) is 0 Å². The van der Waals surface area contributed by atoms with Gasteiger partial charge in [0, 0.05) is 23.7 Å². The van der Waals surface area contributed by atoms with Crippen molar-refractivity contribution in [1.82, 2.24) is 5.32 Å². The molecule has 1 fully saturated rings. The molecule has 0 bridgehead atoms. The number of nitrogens with one attached hydrogen (secondary N) is 1. The maximum Gasteiger partial charge on any atom is 0.282 e. The van der Waals surface area contributed by atoms with Crippen LogP contribution in [0.25, 0.3) is 0 Å². The van der Waals surface area contributed by atoms with Gasteiger partial charge in [-0.3, -0.25) is 14.9 Å². The van der Waals surface area contributed by atoms with Gasteiger partial charge in [0.2, 0.25) is 0 Å². The monoisotopic (exact) mass is 312 g/mol. The Balaban J connectivity index is 2.17. The Kier molecular flexibility index (Phi) is 4.49. The Hall–Kier alpha value is -1.66.